The van der Waals surface area contributed by atoms with Crippen molar-refractivity contribution >= 4 is 5.78 Å². The number of aromatic nitrogens is 3. The summed E-state index contributed by atoms with van der Waals surface area (Å²) >= 11 is 0. The van der Waals surface area contributed by atoms with Gasteiger partial charge in [0.15, 0.2) is 0 Å². The van der Waals surface area contributed by atoms with Crippen LogP contribution < -0.4 is 5.56 Å². The molecule has 5 nitrogen and oxygen atoms in total. The number of hydrogen-bond acceptors (Lipinski definition) is 3. The molecule has 0 fully saturated rings. The van der Waals surface area contributed by atoms with E-state index in [0.29, 0.717) is 13.1 Å². The maximum atomic E-state index is 13.5. The topological polar surface area (TPSA) is 42.5 Å². The zero-order valence-electron chi connectivity index (χ0n) is 17.3. The summed E-state index contributed by atoms with van der Waals surface area (Å²) in [6.45, 7) is 5.16. The van der Waals surface area contributed by atoms with Crippen LogP contribution in [-0.2, 0) is 32.5 Å². The highest BCUT2D eigenvalue weighted by Gasteiger charge is 2.24. The average Bonchev–Trinajstić information content (AvgIpc) is 3.28. The molecule has 2 aromatic heterocycles. The van der Waals surface area contributed by atoms with E-state index in [0.717, 1.165) is 48.5 Å². The minimum absolute atomic E-state index is 0.0843. The van der Waals surface area contributed by atoms with Gasteiger partial charge in [0.25, 0.3) is 5.56 Å². The monoisotopic (exact) mass is 398 g/mol. The van der Waals surface area contributed by atoms with Gasteiger partial charge in [0.05, 0.1) is 12.1 Å². The van der Waals surface area contributed by atoms with Crippen LogP contribution in [0.2, 0.25) is 0 Å². The Labute approximate surface area is 176 Å². The Kier molecular flexibility index (Phi) is 4.97. The van der Waals surface area contributed by atoms with Crippen molar-refractivity contribution in [2.75, 3.05) is 6.54 Å². The lowest BCUT2D eigenvalue weighted by Gasteiger charge is -2.29. The van der Waals surface area contributed by atoms with Crippen LogP contribution in [0.15, 0.2) is 71.8 Å². The molecule has 152 valence electrons. The summed E-state index contributed by atoms with van der Waals surface area (Å²) in [6.07, 6.45) is 5.65. The summed E-state index contributed by atoms with van der Waals surface area (Å²) in [5.41, 5.74) is 5.79. The molecular formula is C25H26N4O. The van der Waals surface area contributed by atoms with E-state index in [9.17, 15) is 4.79 Å². The normalized spacial score (nSPS) is 14.2. The Morgan fingerprint density at radius 2 is 1.67 bits per heavy atom. The largest absolute Gasteiger partial charge is 0.294 e. The van der Waals surface area contributed by atoms with Crippen molar-refractivity contribution in [2.45, 2.75) is 39.4 Å². The van der Waals surface area contributed by atoms with E-state index in [1.165, 1.54) is 11.1 Å². The van der Waals surface area contributed by atoms with Gasteiger partial charge in [-0.05, 0) is 23.1 Å². The van der Waals surface area contributed by atoms with E-state index >= 15 is 0 Å². The Morgan fingerprint density at radius 3 is 2.43 bits per heavy atom. The number of aryl methyl sites for hydroxylation is 1. The molecule has 1 aliphatic rings. The van der Waals surface area contributed by atoms with Gasteiger partial charge in [-0.3, -0.25) is 18.7 Å². The number of nitrogens with zero attached hydrogens (tertiary/aromatic N) is 4. The Balaban J connectivity index is 1.51. The van der Waals surface area contributed by atoms with E-state index in [4.69, 9.17) is 0 Å². The Bertz CT molecular complexity index is 1220. The lowest BCUT2D eigenvalue weighted by Crippen LogP contribution is -2.38. The molecule has 5 rings (SSSR count). The third kappa shape index (κ3) is 3.46. The van der Waals surface area contributed by atoms with Crippen molar-refractivity contribution in [1.82, 2.24) is 18.9 Å². The molecule has 0 N–H and O–H groups in total. The molecule has 4 aromatic rings. The van der Waals surface area contributed by atoms with E-state index in [-0.39, 0.29) is 5.56 Å². The van der Waals surface area contributed by atoms with Crippen LogP contribution >= 0.6 is 0 Å². The molecule has 1 aliphatic heterocycles. The van der Waals surface area contributed by atoms with Gasteiger partial charge in [0, 0.05) is 44.1 Å². The minimum Gasteiger partial charge on any atom is -0.294 e. The van der Waals surface area contributed by atoms with E-state index < -0.39 is 0 Å². The molecule has 0 amide bonds. The van der Waals surface area contributed by atoms with Gasteiger partial charge in [-0.2, -0.15) is 0 Å². The van der Waals surface area contributed by atoms with E-state index in [2.05, 4.69) is 69.7 Å². The summed E-state index contributed by atoms with van der Waals surface area (Å²) in [5.74, 6) is 0.731. The number of hydrogen-bond donors (Lipinski definition) is 0. The fraction of sp³-hybridized carbons (Fsp3) is 0.280. The van der Waals surface area contributed by atoms with Crippen molar-refractivity contribution in [3.8, 4) is 0 Å². The highest BCUT2D eigenvalue weighted by molar-refractivity contribution is 5.39. The molecule has 0 saturated carbocycles. The van der Waals surface area contributed by atoms with Gasteiger partial charge < -0.3 is 0 Å². The SMILES string of the molecule is CCc1ccc(Cn2c(=O)c3c(n4ccnc24)CCN(Cc2ccccc2)C3)cc1. The first-order chi connectivity index (χ1) is 14.7. The van der Waals surface area contributed by atoms with Crippen molar-refractivity contribution in [2.24, 2.45) is 0 Å². The maximum absolute atomic E-state index is 13.5. The van der Waals surface area contributed by atoms with Gasteiger partial charge in [0.2, 0.25) is 5.78 Å². The van der Waals surface area contributed by atoms with Gasteiger partial charge in [-0.1, -0.05) is 61.5 Å². The van der Waals surface area contributed by atoms with Gasteiger partial charge in [0.1, 0.15) is 0 Å². The third-order valence-electron chi connectivity index (χ3n) is 6.07. The van der Waals surface area contributed by atoms with Crippen LogP contribution in [0, 0.1) is 0 Å². The summed E-state index contributed by atoms with van der Waals surface area (Å²) in [5, 5.41) is 0. The summed E-state index contributed by atoms with van der Waals surface area (Å²) in [7, 11) is 0. The highest BCUT2D eigenvalue weighted by atomic mass is 16.1. The zero-order chi connectivity index (χ0) is 20.5. The molecule has 0 radical (unpaired) electrons. The number of benzene rings is 2. The zero-order valence-corrected chi connectivity index (χ0v) is 17.3. The lowest BCUT2D eigenvalue weighted by atomic mass is 10.1. The van der Waals surface area contributed by atoms with E-state index in [1.54, 1.807) is 6.20 Å². The van der Waals surface area contributed by atoms with Crippen LogP contribution in [0.4, 0.5) is 0 Å². The van der Waals surface area contributed by atoms with Crippen molar-refractivity contribution < 1.29 is 0 Å². The highest BCUT2D eigenvalue weighted by Crippen LogP contribution is 2.20. The molecule has 5 heteroatoms. The predicted molar refractivity (Wildman–Crippen MR) is 119 cm³/mol. The third-order valence-corrected chi connectivity index (χ3v) is 6.07. The molecule has 0 atom stereocenters. The number of imidazole rings is 1. The van der Waals surface area contributed by atoms with E-state index in [1.807, 2.05) is 16.8 Å². The molecule has 2 aromatic carbocycles. The van der Waals surface area contributed by atoms with Gasteiger partial charge in [-0.15, -0.1) is 0 Å². The molecule has 0 aliphatic carbocycles. The van der Waals surface area contributed by atoms with Crippen molar-refractivity contribution in [3.05, 3.63) is 105 Å². The van der Waals surface area contributed by atoms with Gasteiger partial charge >= 0.3 is 0 Å². The van der Waals surface area contributed by atoms with Crippen LogP contribution in [0.25, 0.3) is 5.78 Å². The first-order valence-electron chi connectivity index (χ1n) is 10.6. The molecule has 0 saturated heterocycles. The second-order valence-electron chi connectivity index (χ2n) is 8.03. The average molecular weight is 399 g/mol. The number of rotatable bonds is 5. The lowest BCUT2D eigenvalue weighted by molar-refractivity contribution is 0.240. The quantitative estimate of drug-likeness (QED) is 0.515. The molecule has 0 unspecified atom stereocenters. The minimum atomic E-state index is 0.0843. The maximum Gasteiger partial charge on any atom is 0.259 e. The molecular weight excluding hydrogens is 372 g/mol. The van der Waals surface area contributed by atoms with Crippen LogP contribution in [-0.4, -0.2) is 25.4 Å². The summed E-state index contributed by atoms with van der Waals surface area (Å²) in [4.78, 5) is 20.4. The molecule has 0 bridgehead atoms. The molecule has 0 spiro atoms. The number of fused-ring (bicyclic) bond motifs is 3. The Hall–Kier alpha value is -3.18. The van der Waals surface area contributed by atoms with Crippen LogP contribution in [0.5, 0.6) is 0 Å². The van der Waals surface area contributed by atoms with Crippen LogP contribution in [0.3, 0.4) is 0 Å². The fourth-order valence-corrected chi connectivity index (χ4v) is 4.41. The summed E-state index contributed by atoms with van der Waals surface area (Å²) in [6, 6.07) is 19.0. The Morgan fingerprint density at radius 1 is 0.933 bits per heavy atom. The first-order valence-corrected chi connectivity index (χ1v) is 10.6. The van der Waals surface area contributed by atoms with Gasteiger partial charge in [-0.25, -0.2) is 4.98 Å². The smallest absolute Gasteiger partial charge is 0.259 e. The van der Waals surface area contributed by atoms with Crippen molar-refractivity contribution in [1.29, 1.82) is 0 Å². The molecule has 30 heavy (non-hydrogen) atoms. The van der Waals surface area contributed by atoms with Crippen molar-refractivity contribution in [3.63, 3.8) is 0 Å². The predicted octanol–water partition coefficient (Wildman–Crippen LogP) is 3.67. The fourth-order valence-electron chi connectivity index (χ4n) is 4.41. The molecule has 3 heterocycles. The second kappa shape index (κ2) is 7.92. The summed E-state index contributed by atoms with van der Waals surface area (Å²) < 4.78 is 3.93. The standard InChI is InChI=1S/C25H26N4O/c1-2-19-8-10-21(11-9-19)17-29-24(30)22-18-27(16-20-6-4-3-5-7-20)14-12-23(22)28-15-13-26-25(28)29/h3-11,13,15H,2,12,14,16-18H2,1H3. The first kappa shape index (κ1) is 18.8. The van der Waals surface area contributed by atoms with Crippen LogP contribution in [0.1, 0.15) is 34.9 Å². The second-order valence-corrected chi connectivity index (χ2v) is 8.03.